The number of amides is 1. The Kier molecular flexibility index (Phi) is 9.76. The topological polar surface area (TPSA) is 69.2 Å². The van der Waals surface area contributed by atoms with E-state index in [0.717, 1.165) is 0 Å². The second-order valence-electron chi connectivity index (χ2n) is 2.08. The summed E-state index contributed by atoms with van der Waals surface area (Å²) < 4.78 is 0. The Morgan fingerprint density at radius 2 is 2.08 bits per heavy atom. The molecule has 0 fully saturated rings. The Bertz CT molecular complexity index is 165. The van der Waals surface area contributed by atoms with Crippen LogP contribution in [0.25, 0.3) is 0 Å². The fourth-order valence-corrected chi connectivity index (χ4v) is 0.882. The van der Waals surface area contributed by atoms with Crippen molar-refractivity contribution in [3.63, 3.8) is 0 Å². The molecule has 1 atom stereocenters. The second-order valence-corrected chi connectivity index (χ2v) is 2.53. The first-order valence-corrected chi connectivity index (χ1v) is 3.80. The van der Waals surface area contributed by atoms with E-state index in [-0.39, 0.29) is 41.9 Å². The van der Waals surface area contributed by atoms with Crippen LogP contribution in [0.5, 0.6) is 0 Å². The Morgan fingerprint density at radius 1 is 1.58 bits per heavy atom. The van der Waals surface area contributed by atoms with Crippen LogP contribution < -0.4 is 40.0 Å². The van der Waals surface area contributed by atoms with E-state index in [4.69, 9.17) is 0 Å². The van der Waals surface area contributed by atoms with Crippen LogP contribution in [0.3, 0.4) is 0 Å². The van der Waals surface area contributed by atoms with Crippen molar-refractivity contribution in [2.24, 2.45) is 0 Å². The average molecular weight is 199 g/mol. The molecule has 12 heavy (non-hydrogen) atoms. The molecule has 0 heterocycles. The van der Waals surface area contributed by atoms with E-state index in [2.05, 4.69) is 17.9 Å². The molecule has 0 aliphatic heterocycles. The summed E-state index contributed by atoms with van der Waals surface area (Å²) in [5.74, 6) is -1.24. The number of aliphatic carboxylic acids is 1. The van der Waals surface area contributed by atoms with Gasteiger partial charge in [0.15, 0.2) is 0 Å². The van der Waals surface area contributed by atoms with Gasteiger partial charge < -0.3 is 15.2 Å². The van der Waals surface area contributed by atoms with Crippen LogP contribution in [0.2, 0.25) is 0 Å². The van der Waals surface area contributed by atoms with Crippen LogP contribution in [0.4, 0.5) is 0 Å². The number of carboxylic acid groups (broad SMARTS) is 1. The minimum absolute atomic E-state index is 0. The predicted molar refractivity (Wildman–Crippen MR) is 41.1 cm³/mol. The Balaban J connectivity index is 0. The van der Waals surface area contributed by atoms with Crippen molar-refractivity contribution >= 4 is 24.5 Å². The molecule has 0 aromatic rings. The van der Waals surface area contributed by atoms with E-state index < -0.39 is 12.0 Å². The molecule has 0 aliphatic carbocycles. The molecule has 1 N–H and O–H groups in total. The molecule has 1 amide bonds. The normalized spacial score (nSPS) is 11.2. The van der Waals surface area contributed by atoms with Gasteiger partial charge in [0.25, 0.3) is 0 Å². The molecule has 6 heteroatoms. The summed E-state index contributed by atoms with van der Waals surface area (Å²) in [5.41, 5.74) is 0. The Labute approximate surface area is 98.8 Å². The smallest absolute Gasteiger partial charge is 0.548 e. The van der Waals surface area contributed by atoms with Crippen molar-refractivity contribution in [3.8, 4) is 0 Å². The van der Waals surface area contributed by atoms with Crippen molar-refractivity contribution in [1.82, 2.24) is 5.32 Å². The van der Waals surface area contributed by atoms with Crippen LogP contribution in [-0.4, -0.2) is 23.7 Å². The molecule has 0 aromatic heterocycles. The van der Waals surface area contributed by atoms with Crippen molar-refractivity contribution in [3.05, 3.63) is 0 Å². The number of hydrogen-bond acceptors (Lipinski definition) is 4. The molecule has 4 nitrogen and oxygen atoms in total. The number of nitrogens with one attached hydrogen (secondary N) is 1. The molecule has 0 saturated heterocycles. The first-order chi connectivity index (χ1) is 5.07. The van der Waals surface area contributed by atoms with Gasteiger partial charge in [-0.1, -0.05) is 0 Å². The van der Waals surface area contributed by atoms with Crippen molar-refractivity contribution in [1.29, 1.82) is 0 Å². The fraction of sp³-hybridized carbons (Fsp3) is 0.667. The van der Waals surface area contributed by atoms with Gasteiger partial charge >= 0.3 is 29.6 Å². The van der Waals surface area contributed by atoms with E-state index in [1.807, 2.05) is 0 Å². The van der Waals surface area contributed by atoms with Crippen molar-refractivity contribution < 1.29 is 44.3 Å². The first kappa shape index (κ1) is 14.8. The van der Waals surface area contributed by atoms with E-state index in [9.17, 15) is 14.7 Å². The molecule has 0 saturated carbocycles. The van der Waals surface area contributed by atoms with Crippen LogP contribution >= 0.6 is 12.6 Å². The summed E-state index contributed by atoms with van der Waals surface area (Å²) in [7, 11) is 0. The van der Waals surface area contributed by atoms with Crippen molar-refractivity contribution in [2.75, 3.05) is 5.75 Å². The SMILES string of the molecule is CC(=O)NC(CCS)C(=O)[O-].[Na+]. The maximum Gasteiger partial charge on any atom is 1.00 e. The summed E-state index contributed by atoms with van der Waals surface area (Å²) in [6.07, 6.45) is 0.283. The van der Waals surface area contributed by atoms with Crippen LogP contribution in [0.15, 0.2) is 0 Å². The molecule has 1 unspecified atom stereocenters. The maximum atomic E-state index is 10.4. The standard InChI is InChI=1S/C6H11NO3S.Na/c1-4(8)7-5(2-3-11)6(9)10;/h5,11H,2-3H2,1H3,(H,7,8)(H,9,10);/q;+1/p-1. The van der Waals surface area contributed by atoms with Crippen LogP contribution in [0, 0.1) is 0 Å². The molecular formula is C6H10NNaO3S. The third kappa shape index (κ3) is 6.97. The van der Waals surface area contributed by atoms with Gasteiger partial charge in [-0.05, 0) is 12.2 Å². The van der Waals surface area contributed by atoms with Crippen LogP contribution in [-0.2, 0) is 9.59 Å². The maximum absolute atomic E-state index is 10.4. The van der Waals surface area contributed by atoms with Gasteiger partial charge in [0.2, 0.25) is 5.91 Å². The van der Waals surface area contributed by atoms with E-state index in [0.29, 0.717) is 5.75 Å². The predicted octanol–water partition coefficient (Wildman–Crippen LogP) is -4.44. The monoisotopic (exact) mass is 199 g/mol. The van der Waals surface area contributed by atoms with E-state index in [1.165, 1.54) is 6.92 Å². The van der Waals surface area contributed by atoms with Gasteiger partial charge in [-0.25, -0.2) is 0 Å². The zero-order valence-electron chi connectivity index (χ0n) is 7.16. The average Bonchev–Trinajstić information content (AvgIpc) is 1.86. The molecule has 0 radical (unpaired) electrons. The summed E-state index contributed by atoms with van der Waals surface area (Å²) in [6, 6.07) is -0.912. The number of carbonyl (C=O) groups excluding carboxylic acids is 2. The number of rotatable bonds is 4. The third-order valence-electron chi connectivity index (χ3n) is 1.08. The van der Waals surface area contributed by atoms with Gasteiger partial charge in [-0.2, -0.15) is 12.6 Å². The van der Waals surface area contributed by atoms with Gasteiger partial charge in [0.1, 0.15) is 0 Å². The molecule has 0 bridgehead atoms. The zero-order valence-corrected chi connectivity index (χ0v) is 10.1. The number of hydrogen-bond donors (Lipinski definition) is 2. The molecule has 0 aliphatic rings. The largest absolute Gasteiger partial charge is 1.00 e. The van der Waals surface area contributed by atoms with Gasteiger partial charge in [0.05, 0.1) is 12.0 Å². The van der Waals surface area contributed by atoms with E-state index in [1.54, 1.807) is 0 Å². The summed E-state index contributed by atoms with van der Waals surface area (Å²) in [6.45, 7) is 1.26. The summed E-state index contributed by atoms with van der Waals surface area (Å²) >= 11 is 3.83. The number of thiol groups is 1. The molecule has 0 aromatic carbocycles. The fourth-order valence-electron chi connectivity index (χ4n) is 0.623. The first-order valence-electron chi connectivity index (χ1n) is 3.16. The molecule has 64 valence electrons. The minimum atomic E-state index is -1.27. The zero-order chi connectivity index (χ0) is 8.85. The van der Waals surface area contributed by atoms with Gasteiger partial charge in [-0.15, -0.1) is 0 Å². The minimum Gasteiger partial charge on any atom is -0.548 e. The number of carboxylic acids is 1. The Hall–Kier alpha value is 0.290. The second kappa shape index (κ2) is 7.91. The van der Waals surface area contributed by atoms with Gasteiger partial charge in [-0.3, -0.25) is 4.79 Å². The third-order valence-corrected chi connectivity index (χ3v) is 1.34. The van der Waals surface area contributed by atoms with Crippen LogP contribution in [0.1, 0.15) is 13.3 Å². The number of carbonyl (C=O) groups is 2. The van der Waals surface area contributed by atoms with Crippen molar-refractivity contribution in [2.45, 2.75) is 19.4 Å². The quantitative estimate of drug-likeness (QED) is 0.354. The molecule has 0 spiro atoms. The summed E-state index contributed by atoms with van der Waals surface area (Å²) in [5, 5.41) is 12.5. The van der Waals surface area contributed by atoms with E-state index >= 15 is 0 Å². The summed E-state index contributed by atoms with van der Waals surface area (Å²) in [4.78, 5) is 20.7. The molecular weight excluding hydrogens is 189 g/mol. The van der Waals surface area contributed by atoms with Gasteiger partial charge in [0, 0.05) is 6.92 Å². The Morgan fingerprint density at radius 3 is 2.33 bits per heavy atom. The molecule has 0 rings (SSSR count).